The summed E-state index contributed by atoms with van der Waals surface area (Å²) in [5.74, 6) is -2.70. The number of alkyl halides is 6. The summed E-state index contributed by atoms with van der Waals surface area (Å²) >= 11 is 2.05. The zero-order valence-corrected chi connectivity index (χ0v) is 55.4. The molecule has 6 aromatic carbocycles. The van der Waals surface area contributed by atoms with Gasteiger partial charge in [0.1, 0.15) is 24.6 Å². The van der Waals surface area contributed by atoms with Crippen LogP contribution in [0.5, 0.6) is 0 Å². The lowest BCUT2D eigenvalue weighted by molar-refractivity contribution is -0.138. The van der Waals surface area contributed by atoms with Crippen LogP contribution in [0.2, 0.25) is 0 Å². The highest BCUT2D eigenvalue weighted by Gasteiger charge is 2.33. The molecular weight excluding hydrogens is 1280 g/mol. The molecule has 2 atom stereocenters. The third kappa shape index (κ3) is 18.4. The lowest BCUT2D eigenvalue weighted by Crippen LogP contribution is -2.42. The van der Waals surface area contributed by atoms with Gasteiger partial charge in [0.05, 0.1) is 31.4 Å². The Bertz CT molecular complexity index is 4530. The van der Waals surface area contributed by atoms with Gasteiger partial charge in [-0.25, -0.2) is 8.78 Å². The van der Waals surface area contributed by atoms with Crippen molar-refractivity contribution in [3.8, 4) is 22.3 Å². The summed E-state index contributed by atoms with van der Waals surface area (Å²) < 4.78 is 198. The summed E-state index contributed by atoms with van der Waals surface area (Å²) in [6.07, 6.45) is -6.55. The molecule has 2 aromatic heterocycles. The SMILES string of the molecule is [2H]C(C)(c1ccc(-c2ccc(C(F)(F)F)cc2)cc1)N(CCN(CC)CC)C(=O)C([2H])([2H])n1c(SCc2ccc(F)cc2)nc(=O)c2c1CCC2.[2H]C([2H])(C)N(CCN(C(=O)C([2H])([2H])n1c(SCc2ccc(F)cc2)nc(=O)c2c1CCC2)C([2H])(C)c1ccc(-c2ccc(C(F)(F)F)cc2)cc1)C([2H])([2H])C. The van der Waals surface area contributed by atoms with E-state index in [4.69, 9.17) is 5.48 Å². The van der Waals surface area contributed by atoms with Crippen molar-refractivity contribution in [1.82, 2.24) is 38.7 Å². The standard InChI is InChI=1S/2C37H40F4N4O2S/c2*1-4-43(5-2)21-22-44(25(3)27-11-13-28(14-12-27)29-15-17-30(18-16-29)37(39,40)41)34(46)23-45-33-8-6-7-32(33)35(47)42-36(45)48-24-26-9-19-31(38)20-10-26/h2*9-20,25H,4-8,21-24H2,1-3H3/i4D2,5D2,23D2,25D;23D2,25D. The Balaban J connectivity index is 0.000000246. The number of carbonyl (C=O) groups is 2. The van der Waals surface area contributed by atoms with E-state index in [9.17, 15) is 62.5 Å². The minimum atomic E-state index is -4.52. The third-order valence-corrected chi connectivity index (χ3v) is 18.8. The van der Waals surface area contributed by atoms with E-state index in [-0.39, 0.29) is 51.6 Å². The quantitative estimate of drug-likeness (QED) is 0.0295. The molecule has 96 heavy (non-hydrogen) atoms. The highest BCUT2D eigenvalue weighted by atomic mass is 32.2. The summed E-state index contributed by atoms with van der Waals surface area (Å²) in [5, 5.41) is -0.100. The van der Waals surface area contributed by atoms with Crippen molar-refractivity contribution >= 4 is 35.3 Å². The summed E-state index contributed by atoms with van der Waals surface area (Å²) in [5.41, 5.74) is 2.66. The van der Waals surface area contributed by atoms with Crippen molar-refractivity contribution < 1.29 is 58.4 Å². The average Bonchev–Trinajstić information content (AvgIpc) is 1.27. The minimum Gasteiger partial charge on any atom is -0.333 e. The Hall–Kier alpha value is -7.92. The second-order valence-corrected chi connectivity index (χ2v) is 24.6. The number of thioether (sulfide) groups is 2. The predicted molar refractivity (Wildman–Crippen MR) is 363 cm³/mol. The van der Waals surface area contributed by atoms with Gasteiger partial charge in [-0.2, -0.15) is 36.3 Å². The van der Waals surface area contributed by atoms with E-state index in [0.29, 0.717) is 102 Å². The van der Waals surface area contributed by atoms with E-state index >= 15 is 0 Å². The molecule has 0 fully saturated rings. The highest BCUT2D eigenvalue weighted by Crippen LogP contribution is 2.36. The van der Waals surface area contributed by atoms with Gasteiger partial charge in [-0.05, 0) is 171 Å². The van der Waals surface area contributed by atoms with Gasteiger partial charge in [-0.1, -0.05) is 148 Å². The minimum absolute atomic E-state index is 0.00849. The van der Waals surface area contributed by atoms with Gasteiger partial charge in [0, 0.05) is 65.7 Å². The number of carbonyl (C=O) groups excluding carboxylic acids is 2. The molecule has 2 aliphatic rings. The van der Waals surface area contributed by atoms with Crippen LogP contribution >= 0.6 is 23.5 Å². The number of benzene rings is 6. The first-order valence-corrected chi connectivity index (χ1v) is 33.2. The van der Waals surface area contributed by atoms with Gasteiger partial charge in [-0.15, -0.1) is 0 Å². The van der Waals surface area contributed by atoms with Gasteiger partial charge in [0.15, 0.2) is 10.3 Å². The van der Waals surface area contributed by atoms with Crippen molar-refractivity contribution in [3.63, 3.8) is 0 Å². The van der Waals surface area contributed by atoms with Crippen molar-refractivity contribution in [1.29, 1.82) is 0 Å². The third-order valence-electron chi connectivity index (χ3n) is 16.8. The second kappa shape index (κ2) is 32.9. The molecule has 8 aromatic rings. The Morgan fingerprint density at radius 2 is 0.833 bits per heavy atom. The van der Waals surface area contributed by atoms with E-state index in [0.717, 1.165) is 76.0 Å². The van der Waals surface area contributed by atoms with E-state index < -0.39 is 109 Å². The molecule has 2 heterocycles. The van der Waals surface area contributed by atoms with Crippen molar-refractivity contribution in [2.75, 3.05) is 52.3 Å². The van der Waals surface area contributed by atoms with Gasteiger partial charge in [-0.3, -0.25) is 19.2 Å². The number of likely N-dealkylation sites (N-methyl/N-ethyl adjacent to an activating group) is 2. The molecule has 2 aliphatic carbocycles. The maximum absolute atomic E-state index is 14.8. The molecule has 0 spiro atoms. The topological polar surface area (TPSA) is 117 Å². The summed E-state index contributed by atoms with van der Waals surface area (Å²) in [6, 6.07) is 29.3. The number of aromatic nitrogens is 4. The maximum atomic E-state index is 14.8. The first-order chi connectivity index (χ1) is 49.5. The molecule has 0 bridgehead atoms. The molecule has 0 saturated carbocycles. The number of amides is 2. The fourth-order valence-corrected chi connectivity index (χ4v) is 13.1. The van der Waals surface area contributed by atoms with Crippen LogP contribution in [0.25, 0.3) is 22.3 Å². The van der Waals surface area contributed by atoms with Crippen LogP contribution in [-0.2, 0) is 72.1 Å². The van der Waals surface area contributed by atoms with E-state index in [1.54, 1.807) is 48.5 Å². The van der Waals surface area contributed by atoms with Crippen LogP contribution in [0.3, 0.4) is 0 Å². The molecular formula is C74H80F8N8O4S2. The zero-order chi connectivity index (χ0) is 77.9. The number of hydrogen-bond donors (Lipinski definition) is 0. The molecule has 0 N–H and O–H groups in total. The van der Waals surface area contributed by atoms with Crippen molar-refractivity contribution in [3.05, 3.63) is 234 Å². The van der Waals surface area contributed by atoms with E-state index in [1.807, 2.05) is 13.8 Å². The van der Waals surface area contributed by atoms with Crippen LogP contribution in [0.4, 0.5) is 35.1 Å². The summed E-state index contributed by atoms with van der Waals surface area (Å²) in [6.45, 7) is -0.429. The van der Waals surface area contributed by atoms with Gasteiger partial charge in [0.2, 0.25) is 11.8 Å². The molecule has 0 radical (unpaired) electrons. The maximum Gasteiger partial charge on any atom is 0.416 e. The van der Waals surface area contributed by atoms with Crippen LogP contribution in [0, 0.1) is 11.6 Å². The average molecular weight is 1370 g/mol. The monoisotopic (exact) mass is 1370 g/mol. The highest BCUT2D eigenvalue weighted by molar-refractivity contribution is 7.98. The van der Waals surface area contributed by atoms with Crippen LogP contribution < -0.4 is 11.1 Å². The smallest absolute Gasteiger partial charge is 0.333 e. The van der Waals surface area contributed by atoms with Crippen molar-refractivity contribution in [2.24, 2.45) is 0 Å². The molecule has 2 unspecified atom stereocenters. The Morgan fingerprint density at radius 3 is 1.16 bits per heavy atom. The molecule has 22 heteroatoms. The van der Waals surface area contributed by atoms with Gasteiger partial charge in [0.25, 0.3) is 11.1 Å². The number of hydrogen-bond acceptors (Lipinski definition) is 10. The predicted octanol–water partition coefficient (Wildman–Crippen LogP) is 15.6. The number of fused-ring (bicyclic) bond motifs is 2. The lowest BCUT2D eigenvalue weighted by Gasteiger charge is -2.33. The molecule has 0 saturated heterocycles. The van der Waals surface area contributed by atoms with Crippen LogP contribution in [-0.4, -0.2) is 103 Å². The molecule has 2 amide bonds. The zero-order valence-electron chi connectivity index (χ0n) is 63.8. The van der Waals surface area contributed by atoms with Crippen LogP contribution in [0.15, 0.2) is 165 Å². The lowest BCUT2D eigenvalue weighted by atomic mass is 9.99. The molecule has 12 nitrogen and oxygen atoms in total. The normalized spacial score (nSPS) is 16.3. The van der Waals surface area contributed by atoms with Crippen LogP contribution in [0.1, 0.15) is 136 Å². The van der Waals surface area contributed by atoms with Gasteiger partial charge < -0.3 is 28.7 Å². The molecule has 10 rings (SSSR count). The number of nitrogens with zero attached hydrogens (tertiary/aromatic N) is 8. The largest absolute Gasteiger partial charge is 0.416 e. The fraction of sp³-hybridized carbons (Fsp3) is 0.378. The fourth-order valence-electron chi connectivity index (χ4n) is 11.2. The number of rotatable bonds is 26. The summed E-state index contributed by atoms with van der Waals surface area (Å²) in [7, 11) is 0. The first-order valence-electron chi connectivity index (χ1n) is 36.3. The van der Waals surface area contributed by atoms with E-state index in [1.165, 1.54) is 96.1 Å². The second-order valence-electron chi connectivity index (χ2n) is 22.7. The number of halogens is 8. The summed E-state index contributed by atoms with van der Waals surface area (Å²) in [4.78, 5) is 69.0. The molecule has 0 aliphatic heterocycles. The Kier molecular flexibility index (Phi) is 20.3. The Labute approximate surface area is 577 Å². The van der Waals surface area contributed by atoms with Crippen molar-refractivity contribution in [2.45, 2.75) is 139 Å². The Morgan fingerprint density at radius 1 is 0.500 bits per heavy atom. The van der Waals surface area contributed by atoms with Gasteiger partial charge >= 0.3 is 12.4 Å². The van der Waals surface area contributed by atoms with E-state index in [2.05, 4.69) is 14.9 Å². The molecule has 508 valence electrons. The first kappa shape index (κ1) is 59.4.